The van der Waals surface area contributed by atoms with Crippen molar-refractivity contribution in [3.05, 3.63) is 82.9 Å². The van der Waals surface area contributed by atoms with E-state index in [1.54, 1.807) is 0 Å². The molecule has 0 aliphatic rings. The first kappa shape index (κ1) is 13.8. The predicted molar refractivity (Wildman–Crippen MR) is 90.4 cm³/mol. The van der Waals surface area contributed by atoms with Crippen LogP contribution in [0, 0.1) is 13.8 Å². The molecule has 0 radical (unpaired) electrons. The van der Waals surface area contributed by atoms with Crippen molar-refractivity contribution in [2.24, 2.45) is 0 Å². The highest BCUT2D eigenvalue weighted by Crippen LogP contribution is 2.19. The van der Waals surface area contributed by atoms with Crippen LogP contribution in [0.2, 0.25) is 0 Å². The van der Waals surface area contributed by atoms with Crippen LogP contribution in [0.5, 0.6) is 0 Å². The number of aryl methyl sites for hydroxylation is 2. The Morgan fingerprint density at radius 3 is 2.19 bits per heavy atom. The summed E-state index contributed by atoms with van der Waals surface area (Å²) in [7, 11) is 0. The van der Waals surface area contributed by atoms with Crippen LogP contribution in [0.4, 0.5) is 0 Å². The maximum atomic E-state index is 3.59. The van der Waals surface area contributed by atoms with Gasteiger partial charge in [-0.3, -0.25) is 0 Å². The summed E-state index contributed by atoms with van der Waals surface area (Å²) in [6.45, 7) is 6.18. The number of fused-ring (bicyclic) bond motifs is 1. The lowest BCUT2D eigenvalue weighted by atomic mass is 10.0. The molecule has 0 amide bonds. The zero-order valence-corrected chi connectivity index (χ0v) is 12.7. The summed E-state index contributed by atoms with van der Waals surface area (Å²) < 4.78 is 0. The third kappa shape index (κ3) is 2.98. The molecule has 0 aromatic heterocycles. The van der Waals surface area contributed by atoms with E-state index >= 15 is 0 Å². The molecule has 0 heterocycles. The van der Waals surface area contributed by atoms with E-state index in [2.05, 4.69) is 79.8 Å². The lowest BCUT2D eigenvalue weighted by Gasteiger charge is -2.12. The Balaban J connectivity index is 1.76. The largest absolute Gasteiger partial charge is 0.309 e. The van der Waals surface area contributed by atoms with Gasteiger partial charge in [0.15, 0.2) is 0 Å². The van der Waals surface area contributed by atoms with Gasteiger partial charge in [-0.05, 0) is 46.9 Å². The molecule has 0 unspecified atom stereocenters. The lowest BCUT2D eigenvalue weighted by Crippen LogP contribution is -2.14. The Kier molecular flexibility index (Phi) is 4.03. The molecule has 0 bridgehead atoms. The predicted octanol–water partition coefficient (Wildman–Crippen LogP) is 4.75. The molecule has 3 aromatic rings. The van der Waals surface area contributed by atoms with E-state index in [4.69, 9.17) is 0 Å². The first-order valence-electron chi connectivity index (χ1n) is 7.48. The normalized spacial score (nSPS) is 11.0. The van der Waals surface area contributed by atoms with Crippen LogP contribution in [0.1, 0.15) is 22.3 Å². The van der Waals surface area contributed by atoms with Crippen LogP contribution in [-0.2, 0) is 13.1 Å². The molecule has 1 N–H and O–H groups in total. The van der Waals surface area contributed by atoms with E-state index in [0.717, 1.165) is 13.1 Å². The minimum Gasteiger partial charge on any atom is -0.309 e. The van der Waals surface area contributed by atoms with Crippen molar-refractivity contribution in [3.63, 3.8) is 0 Å². The Hall–Kier alpha value is -2.12. The Morgan fingerprint density at radius 2 is 1.38 bits per heavy atom. The van der Waals surface area contributed by atoms with Gasteiger partial charge in [0.05, 0.1) is 0 Å². The van der Waals surface area contributed by atoms with Crippen LogP contribution < -0.4 is 5.32 Å². The van der Waals surface area contributed by atoms with E-state index in [9.17, 15) is 0 Å². The summed E-state index contributed by atoms with van der Waals surface area (Å²) in [5.41, 5.74) is 5.50. The minimum atomic E-state index is 0.898. The molecule has 0 aliphatic heterocycles. The van der Waals surface area contributed by atoms with Crippen LogP contribution in [0.15, 0.2) is 60.7 Å². The summed E-state index contributed by atoms with van der Waals surface area (Å²) in [6.07, 6.45) is 0. The van der Waals surface area contributed by atoms with Crippen molar-refractivity contribution in [1.82, 2.24) is 5.32 Å². The second-order valence-electron chi connectivity index (χ2n) is 5.61. The lowest BCUT2D eigenvalue weighted by molar-refractivity contribution is 0.691. The highest BCUT2D eigenvalue weighted by Gasteiger charge is 2.03. The van der Waals surface area contributed by atoms with Crippen molar-refractivity contribution in [2.45, 2.75) is 26.9 Å². The molecule has 1 heteroatoms. The van der Waals surface area contributed by atoms with Gasteiger partial charge in [0, 0.05) is 13.1 Å². The van der Waals surface area contributed by atoms with Gasteiger partial charge in [-0.15, -0.1) is 0 Å². The first-order valence-corrected chi connectivity index (χ1v) is 7.48. The van der Waals surface area contributed by atoms with Gasteiger partial charge in [0.2, 0.25) is 0 Å². The molecule has 0 fully saturated rings. The van der Waals surface area contributed by atoms with Crippen molar-refractivity contribution < 1.29 is 0 Å². The fourth-order valence-corrected chi connectivity index (χ4v) is 2.90. The van der Waals surface area contributed by atoms with E-state index in [-0.39, 0.29) is 0 Å². The molecule has 3 aromatic carbocycles. The fourth-order valence-electron chi connectivity index (χ4n) is 2.90. The van der Waals surface area contributed by atoms with Crippen molar-refractivity contribution in [2.75, 3.05) is 0 Å². The van der Waals surface area contributed by atoms with Crippen LogP contribution in [0.3, 0.4) is 0 Å². The maximum Gasteiger partial charge on any atom is 0.0214 e. The molecule has 1 nitrogen and oxygen atoms in total. The molecule has 0 aliphatic carbocycles. The Bertz CT molecular complexity index is 733. The fraction of sp³-hybridized carbons (Fsp3) is 0.200. The number of hydrogen-bond donors (Lipinski definition) is 1. The Labute approximate surface area is 126 Å². The van der Waals surface area contributed by atoms with Crippen molar-refractivity contribution in [3.8, 4) is 0 Å². The summed E-state index contributed by atoms with van der Waals surface area (Å²) in [6, 6.07) is 21.6. The molecule has 0 saturated heterocycles. The standard InChI is InChI=1S/C20H21N/c1-15-7-5-8-16(2)20(15)14-21-13-18-11-6-10-17-9-3-4-12-19(17)18/h3-12,21H,13-14H2,1-2H3. The van der Waals surface area contributed by atoms with E-state index in [1.165, 1.54) is 33.0 Å². The molecule has 21 heavy (non-hydrogen) atoms. The van der Waals surface area contributed by atoms with Gasteiger partial charge in [0.1, 0.15) is 0 Å². The maximum absolute atomic E-state index is 3.59. The van der Waals surface area contributed by atoms with Gasteiger partial charge in [-0.1, -0.05) is 60.7 Å². The molecule has 0 spiro atoms. The molecular weight excluding hydrogens is 254 g/mol. The SMILES string of the molecule is Cc1cccc(C)c1CNCc1cccc2ccccc12. The molecule has 106 valence electrons. The second kappa shape index (κ2) is 6.11. The first-order chi connectivity index (χ1) is 10.3. The summed E-state index contributed by atoms with van der Waals surface area (Å²) >= 11 is 0. The van der Waals surface area contributed by atoms with Gasteiger partial charge in [-0.2, -0.15) is 0 Å². The number of rotatable bonds is 4. The van der Waals surface area contributed by atoms with Crippen molar-refractivity contribution >= 4 is 10.8 Å². The van der Waals surface area contributed by atoms with Gasteiger partial charge in [-0.25, -0.2) is 0 Å². The highest BCUT2D eigenvalue weighted by atomic mass is 14.8. The zero-order chi connectivity index (χ0) is 14.7. The van der Waals surface area contributed by atoms with E-state index in [0.29, 0.717) is 0 Å². The summed E-state index contributed by atoms with van der Waals surface area (Å²) in [4.78, 5) is 0. The van der Waals surface area contributed by atoms with Crippen LogP contribution >= 0.6 is 0 Å². The number of hydrogen-bond acceptors (Lipinski definition) is 1. The van der Waals surface area contributed by atoms with Crippen LogP contribution in [0.25, 0.3) is 10.8 Å². The second-order valence-corrected chi connectivity index (χ2v) is 5.61. The average Bonchev–Trinajstić information content (AvgIpc) is 2.50. The zero-order valence-electron chi connectivity index (χ0n) is 12.7. The molecular formula is C20H21N. The van der Waals surface area contributed by atoms with Crippen LogP contribution in [-0.4, -0.2) is 0 Å². The minimum absolute atomic E-state index is 0.898. The topological polar surface area (TPSA) is 12.0 Å². The highest BCUT2D eigenvalue weighted by molar-refractivity contribution is 5.85. The molecule has 0 saturated carbocycles. The smallest absolute Gasteiger partial charge is 0.0214 e. The third-order valence-electron chi connectivity index (χ3n) is 4.14. The summed E-state index contributed by atoms with van der Waals surface area (Å²) in [5, 5.41) is 6.24. The van der Waals surface area contributed by atoms with Gasteiger partial charge >= 0.3 is 0 Å². The van der Waals surface area contributed by atoms with E-state index in [1.807, 2.05) is 0 Å². The number of nitrogens with one attached hydrogen (secondary N) is 1. The van der Waals surface area contributed by atoms with E-state index < -0.39 is 0 Å². The van der Waals surface area contributed by atoms with Gasteiger partial charge in [0.25, 0.3) is 0 Å². The third-order valence-corrected chi connectivity index (χ3v) is 4.14. The average molecular weight is 275 g/mol. The number of benzene rings is 3. The Morgan fingerprint density at radius 1 is 0.714 bits per heavy atom. The molecule has 3 rings (SSSR count). The van der Waals surface area contributed by atoms with Crippen molar-refractivity contribution in [1.29, 1.82) is 0 Å². The monoisotopic (exact) mass is 275 g/mol. The summed E-state index contributed by atoms with van der Waals surface area (Å²) in [5.74, 6) is 0. The van der Waals surface area contributed by atoms with Gasteiger partial charge < -0.3 is 5.32 Å². The molecule has 0 atom stereocenters. The quantitative estimate of drug-likeness (QED) is 0.724.